The Balaban J connectivity index is 1.93. The van der Waals surface area contributed by atoms with Gasteiger partial charge in [-0.3, -0.25) is 9.36 Å². The van der Waals surface area contributed by atoms with Gasteiger partial charge in [-0.15, -0.1) is 0 Å². The Morgan fingerprint density at radius 2 is 1.77 bits per heavy atom. The number of aromatic hydroxyl groups is 1. The molecule has 1 aromatic heterocycles. The lowest BCUT2D eigenvalue weighted by Crippen LogP contribution is -2.53. The minimum absolute atomic E-state index is 0.119. The lowest BCUT2D eigenvalue weighted by atomic mass is 9.84. The summed E-state index contributed by atoms with van der Waals surface area (Å²) in [6.07, 6.45) is -8.96. The van der Waals surface area contributed by atoms with Crippen LogP contribution < -0.4 is 9.61 Å². The molecule has 0 saturated carbocycles. The molecule has 2 aromatic rings. The molecular formula is C23H27F6NO4S. The van der Waals surface area contributed by atoms with Gasteiger partial charge >= 0.3 is 17.2 Å². The van der Waals surface area contributed by atoms with E-state index in [4.69, 9.17) is 4.74 Å². The van der Waals surface area contributed by atoms with Crippen molar-refractivity contribution in [3.8, 4) is 11.6 Å². The van der Waals surface area contributed by atoms with E-state index in [-0.39, 0.29) is 47.9 Å². The van der Waals surface area contributed by atoms with Gasteiger partial charge in [0, 0.05) is 17.7 Å². The van der Waals surface area contributed by atoms with Crippen LogP contribution in [0.15, 0.2) is 16.2 Å². The molecular weight excluding hydrogens is 500 g/mol. The first-order valence-corrected chi connectivity index (χ1v) is 12.2. The van der Waals surface area contributed by atoms with E-state index in [1.165, 1.54) is 9.95 Å². The Morgan fingerprint density at radius 1 is 1.11 bits per heavy atom. The molecule has 0 radical (unpaired) electrons. The van der Waals surface area contributed by atoms with Crippen LogP contribution in [0, 0.1) is 0 Å². The number of benzene rings is 1. The number of halogens is 6. The zero-order valence-electron chi connectivity index (χ0n) is 19.3. The molecule has 12 heteroatoms. The van der Waals surface area contributed by atoms with Gasteiger partial charge in [0.2, 0.25) is 5.88 Å². The highest BCUT2D eigenvalue weighted by atomic mass is 32.1. The minimum atomic E-state index is -5.68. The van der Waals surface area contributed by atoms with Gasteiger partial charge in [-0.1, -0.05) is 38.0 Å². The van der Waals surface area contributed by atoms with Gasteiger partial charge in [0.25, 0.3) is 5.60 Å². The van der Waals surface area contributed by atoms with Gasteiger partial charge in [0.1, 0.15) is 5.75 Å². The monoisotopic (exact) mass is 527 g/mol. The number of hydrogen-bond donors (Lipinski definition) is 1. The number of unbranched alkanes of at least 4 members (excludes halogenated alkanes) is 1. The summed E-state index contributed by atoms with van der Waals surface area (Å²) in [5.74, 6) is 0.180. The maximum Gasteiger partial charge on any atom is 0.430 e. The highest BCUT2D eigenvalue weighted by molar-refractivity contribution is 7.07. The summed E-state index contributed by atoms with van der Waals surface area (Å²) in [6, 6.07) is 0.949. The molecule has 3 rings (SSSR count). The Bertz CT molecular complexity index is 1080. The van der Waals surface area contributed by atoms with Crippen molar-refractivity contribution >= 4 is 11.3 Å². The van der Waals surface area contributed by atoms with Gasteiger partial charge < -0.3 is 14.6 Å². The van der Waals surface area contributed by atoms with Crippen LogP contribution in [0.25, 0.3) is 0 Å². The zero-order valence-corrected chi connectivity index (χ0v) is 20.1. The number of fused-ring (bicyclic) bond motifs is 1. The van der Waals surface area contributed by atoms with Crippen LogP contribution in [0.3, 0.4) is 0 Å². The van der Waals surface area contributed by atoms with Crippen LogP contribution in [-0.2, 0) is 36.3 Å². The van der Waals surface area contributed by atoms with Gasteiger partial charge in [0.15, 0.2) is 0 Å². The van der Waals surface area contributed by atoms with Gasteiger partial charge in [-0.25, -0.2) is 0 Å². The summed E-state index contributed by atoms with van der Waals surface area (Å²) in [5.41, 5.74) is -4.79. The van der Waals surface area contributed by atoms with Crippen molar-refractivity contribution in [3.63, 3.8) is 0 Å². The number of alkyl halides is 6. The van der Waals surface area contributed by atoms with Crippen LogP contribution >= 0.6 is 11.3 Å². The molecule has 0 spiro atoms. The zero-order chi connectivity index (χ0) is 26.0. The summed E-state index contributed by atoms with van der Waals surface area (Å²) in [4.78, 5) is 11.4. The number of ether oxygens (including phenoxy) is 2. The quantitative estimate of drug-likeness (QED) is 0.294. The molecule has 0 bridgehead atoms. The fourth-order valence-electron chi connectivity index (χ4n) is 4.41. The van der Waals surface area contributed by atoms with Crippen molar-refractivity contribution < 1.29 is 40.9 Å². The summed E-state index contributed by atoms with van der Waals surface area (Å²) in [5, 5.41) is 11.0. The van der Waals surface area contributed by atoms with Crippen LogP contribution in [0.1, 0.15) is 61.8 Å². The number of rotatable bonds is 10. The third-order valence-corrected chi connectivity index (χ3v) is 6.74. The predicted octanol–water partition coefficient (Wildman–Crippen LogP) is 6.23. The fourth-order valence-corrected chi connectivity index (χ4v) is 5.06. The highest BCUT2D eigenvalue weighted by Crippen LogP contribution is 2.58. The molecule has 35 heavy (non-hydrogen) atoms. The van der Waals surface area contributed by atoms with E-state index in [0.717, 1.165) is 17.4 Å². The van der Waals surface area contributed by atoms with Gasteiger partial charge in [0.05, 0.1) is 18.6 Å². The first-order valence-electron chi connectivity index (χ1n) is 11.3. The van der Waals surface area contributed by atoms with Crippen molar-refractivity contribution in [2.24, 2.45) is 0 Å². The standard InChI is InChI=1S/C23H27F6NO4S/c1-3-7-14-11-17-16(12-34-21(17,22(24,25)26)23(27,28)29)15(8-4-2)19(14)33-10-6-5-9-30-18(31)13-35-20(30)32/h11,13,31H,3-10,12H2,1-2H3. The molecule has 5 nitrogen and oxygen atoms in total. The van der Waals surface area contributed by atoms with E-state index in [0.29, 0.717) is 37.0 Å². The van der Waals surface area contributed by atoms with E-state index >= 15 is 0 Å². The fraction of sp³-hybridized carbons (Fsp3) is 0.609. The molecule has 1 aliphatic heterocycles. The molecule has 2 heterocycles. The molecule has 1 aliphatic rings. The molecule has 0 aliphatic carbocycles. The molecule has 0 amide bonds. The maximum atomic E-state index is 13.9. The van der Waals surface area contributed by atoms with E-state index < -0.39 is 30.1 Å². The first kappa shape index (κ1) is 27.4. The van der Waals surface area contributed by atoms with Crippen molar-refractivity contribution in [1.29, 1.82) is 0 Å². The number of aryl methyl sites for hydroxylation is 1. The minimum Gasteiger partial charge on any atom is -0.494 e. The van der Waals surface area contributed by atoms with Crippen LogP contribution in [0.5, 0.6) is 11.6 Å². The van der Waals surface area contributed by atoms with Crippen LogP contribution in [0.2, 0.25) is 0 Å². The van der Waals surface area contributed by atoms with Crippen molar-refractivity contribution in [2.75, 3.05) is 6.61 Å². The largest absolute Gasteiger partial charge is 0.494 e. The Hall–Kier alpha value is -2.21. The SMILES string of the molecule is CCCc1cc2c(c(CCC)c1OCCCCn1c(O)csc1=O)COC2(C(F)(F)F)C(F)(F)F. The molecule has 0 atom stereocenters. The third-order valence-electron chi connectivity index (χ3n) is 5.99. The summed E-state index contributed by atoms with van der Waals surface area (Å²) in [7, 11) is 0. The number of thiazole rings is 1. The van der Waals surface area contributed by atoms with E-state index in [2.05, 4.69) is 4.74 Å². The first-order chi connectivity index (χ1) is 16.4. The Labute approximate surface area is 202 Å². The average Bonchev–Trinajstić information content (AvgIpc) is 3.30. The third kappa shape index (κ3) is 5.04. The van der Waals surface area contributed by atoms with Crippen molar-refractivity contribution in [1.82, 2.24) is 4.57 Å². The molecule has 1 aromatic carbocycles. The second-order valence-electron chi connectivity index (χ2n) is 8.40. The molecule has 196 valence electrons. The topological polar surface area (TPSA) is 60.7 Å². The van der Waals surface area contributed by atoms with E-state index in [1.807, 2.05) is 0 Å². The molecule has 0 saturated heterocycles. The highest BCUT2D eigenvalue weighted by Gasteiger charge is 2.75. The lowest BCUT2D eigenvalue weighted by Gasteiger charge is -2.34. The summed E-state index contributed by atoms with van der Waals surface area (Å²) < 4.78 is 94.9. The number of nitrogens with zero attached hydrogens (tertiary/aromatic N) is 1. The Morgan fingerprint density at radius 3 is 2.31 bits per heavy atom. The number of aromatic nitrogens is 1. The molecule has 1 N–H and O–H groups in total. The number of hydrogen-bond acceptors (Lipinski definition) is 5. The summed E-state index contributed by atoms with van der Waals surface area (Å²) in [6.45, 7) is 3.16. The second-order valence-corrected chi connectivity index (χ2v) is 9.22. The molecule has 0 unspecified atom stereocenters. The normalized spacial score (nSPS) is 15.4. The smallest absolute Gasteiger partial charge is 0.430 e. The van der Waals surface area contributed by atoms with Crippen LogP contribution in [0.4, 0.5) is 26.3 Å². The summed E-state index contributed by atoms with van der Waals surface area (Å²) >= 11 is 0.875. The average molecular weight is 528 g/mol. The van der Waals surface area contributed by atoms with Gasteiger partial charge in [-0.2, -0.15) is 26.3 Å². The van der Waals surface area contributed by atoms with Gasteiger partial charge in [-0.05, 0) is 42.9 Å². The van der Waals surface area contributed by atoms with Crippen LogP contribution in [-0.4, -0.2) is 28.6 Å². The molecule has 0 fully saturated rings. The second kappa shape index (κ2) is 10.4. The van der Waals surface area contributed by atoms with E-state index in [9.17, 15) is 36.2 Å². The van der Waals surface area contributed by atoms with E-state index in [1.54, 1.807) is 13.8 Å². The maximum absolute atomic E-state index is 13.9. The predicted molar refractivity (Wildman–Crippen MR) is 118 cm³/mol. The van der Waals surface area contributed by atoms with Crippen molar-refractivity contribution in [2.45, 2.75) is 83.5 Å². The Kier molecular flexibility index (Phi) is 8.15. The van der Waals surface area contributed by atoms with Crippen molar-refractivity contribution in [3.05, 3.63) is 43.4 Å². The lowest BCUT2D eigenvalue weighted by molar-refractivity contribution is -0.385.